The van der Waals surface area contributed by atoms with Crippen LogP contribution in [0.2, 0.25) is 0 Å². The number of nitrogens with zero attached hydrogens (tertiary/aromatic N) is 2. The number of hydrogen-bond donors (Lipinski definition) is 1. The summed E-state index contributed by atoms with van der Waals surface area (Å²) in [6.45, 7) is 5.36. The van der Waals surface area contributed by atoms with Crippen LogP contribution in [0.25, 0.3) is 0 Å². The highest BCUT2D eigenvalue weighted by Crippen LogP contribution is 2.31. The van der Waals surface area contributed by atoms with Crippen molar-refractivity contribution in [2.45, 2.75) is 26.4 Å². The number of nitro groups is 1. The zero-order valence-electron chi connectivity index (χ0n) is 10.7. The molecule has 98 valence electrons. The Labute approximate surface area is 106 Å². The summed E-state index contributed by atoms with van der Waals surface area (Å²) in [5.41, 5.74) is 2.07. The molecule has 0 bridgehead atoms. The second-order valence-electron chi connectivity index (χ2n) is 4.96. The topological polar surface area (TPSA) is 66.6 Å². The second-order valence-corrected chi connectivity index (χ2v) is 4.96. The van der Waals surface area contributed by atoms with Crippen LogP contribution in [0.3, 0.4) is 0 Å². The van der Waals surface area contributed by atoms with Crippen LogP contribution in [0.1, 0.15) is 18.9 Å². The van der Waals surface area contributed by atoms with Crippen molar-refractivity contribution in [3.8, 4) is 0 Å². The number of aliphatic hydroxyl groups is 1. The minimum Gasteiger partial charge on any atom is -0.393 e. The summed E-state index contributed by atoms with van der Waals surface area (Å²) in [5, 5.41) is 20.4. The van der Waals surface area contributed by atoms with Crippen molar-refractivity contribution in [2.24, 2.45) is 5.92 Å². The van der Waals surface area contributed by atoms with E-state index >= 15 is 0 Å². The highest BCUT2D eigenvalue weighted by Gasteiger charge is 2.27. The second kappa shape index (κ2) is 4.94. The average molecular weight is 250 g/mol. The Bertz CT molecular complexity index is 460. The fourth-order valence-corrected chi connectivity index (χ4v) is 2.45. The van der Waals surface area contributed by atoms with E-state index in [2.05, 4.69) is 4.90 Å². The third-order valence-electron chi connectivity index (χ3n) is 3.65. The molecule has 1 N–H and O–H groups in total. The van der Waals surface area contributed by atoms with E-state index in [0.717, 1.165) is 30.8 Å². The molecule has 0 amide bonds. The number of non-ortho nitro benzene ring substituents is 1. The monoisotopic (exact) mass is 250 g/mol. The lowest BCUT2D eigenvalue weighted by molar-refractivity contribution is -0.384. The van der Waals surface area contributed by atoms with Gasteiger partial charge in [-0.25, -0.2) is 0 Å². The molecular formula is C13H18N2O3. The molecule has 5 nitrogen and oxygen atoms in total. The Kier molecular flexibility index (Phi) is 3.52. The number of aryl methyl sites for hydroxylation is 1. The van der Waals surface area contributed by atoms with E-state index in [-0.39, 0.29) is 22.6 Å². The third kappa shape index (κ3) is 2.46. The van der Waals surface area contributed by atoms with Gasteiger partial charge in [-0.15, -0.1) is 0 Å². The maximum absolute atomic E-state index is 10.8. The number of aliphatic hydroxyl groups excluding tert-OH is 1. The predicted molar refractivity (Wildman–Crippen MR) is 69.8 cm³/mol. The minimum absolute atomic E-state index is 0.121. The molecule has 1 saturated heterocycles. The molecule has 5 heteroatoms. The Morgan fingerprint density at radius 2 is 2.28 bits per heavy atom. The van der Waals surface area contributed by atoms with Crippen LogP contribution < -0.4 is 4.90 Å². The van der Waals surface area contributed by atoms with Crippen molar-refractivity contribution in [2.75, 3.05) is 18.0 Å². The number of rotatable bonds is 3. The number of hydrogen-bond acceptors (Lipinski definition) is 4. The first-order valence-electron chi connectivity index (χ1n) is 6.17. The first kappa shape index (κ1) is 12.8. The summed E-state index contributed by atoms with van der Waals surface area (Å²) in [6.07, 6.45) is 0.605. The third-order valence-corrected chi connectivity index (χ3v) is 3.65. The van der Waals surface area contributed by atoms with E-state index in [9.17, 15) is 15.2 Å². The van der Waals surface area contributed by atoms with Gasteiger partial charge in [-0.05, 0) is 25.8 Å². The van der Waals surface area contributed by atoms with Gasteiger partial charge in [0, 0.05) is 36.8 Å². The molecule has 1 heterocycles. The highest BCUT2D eigenvalue weighted by molar-refractivity contribution is 5.59. The summed E-state index contributed by atoms with van der Waals surface area (Å²) in [7, 11) is 0. The van der Waals surface area contributed by atoms with Crippen molar-refractivity contribution in [3.63, 3.8) is 0 Å². The van der Waals surface area contributed by atoms with Gasteiger partial charge in [0.1, 0.15) is 0 Å². The predicted octanol–water partition coefficient (Wildman–Crippen LogP) is 2.11. The number of anilines is 1. The molecule has 0 aromatic heterocycles. The van der Waals surface area contributed by atoms with E-state index < -0.39 is 0 Å². The van der Waals surface area contributed by atoms with E-state index in [1.807, 2.05) is 6.92 Å². The fourth-order valence-electron chi connectivity index (χ4n) is 2.45. The van der Waals surface area contributed by atoms with Crippen molar-refractivity contribution >= 4 is 11.4 Å². The zero-order valence-corrected chi connectivity index (χ0v) is 10.7. The number of benzene rings is 1. The molecule has 0 spiro atoms. The van der Waals surface area contributed by atoms with Gasteiger partial charge in [0.15, 0.2) is 0 Å². The summed E-state index contributed by atoms with van der Waals surface area (Å²) in [4.78, 5) is 12.6. The highest BCUT2D eigenvalue weighted by atomic mass is 16.6. The molecule has 1 aromatic carbocycles. The van der Waals surface area contributed by atoms with Gasteiger partial charge in [0.05, 0.1) is 11.0 Å². The zero-order chi connectivity index (χ0) is 13.3. The summed E-state index contributed by atoms with van der Waals surface area (Å²) in [6, 6.07) is 4.93. The first-order chi connectivity index (χ1) is 8.49. The van der Waals surface area contributed by atoms with Crippen LogP contribution in [-0.4, -0.2) is 29.2 Å². The van der Waals surface area contributed by atoms with Gasteiger partial charge in [-0.3, -0.25) is 10.1 Å². The van der Waals surface area contributed by atoms with E-state index in [1.165, 1.54) is 6.07 Å². The van der Waals surface area contributed by atoms with Crippen LogP contribution in [0, 0.1) is 23.0 Å². The minimum atomic E-state index is -0.370. The van der Waals surface area contributed by atoms with Gasteiger partial charge >= 0.3 is 0 Å². The van der Waals surface area contributed by atoms with Gasteiger partial charge in [-0.2, -0.15) is 0 Å². The Balaban J connectivity index is 2.23. The molecule has 1 aliphatic heterocycles. The summed E-state index contributed by atoms with van der Waals surface area (Å²) >= 11 is 0. The Morgan fingerprint density at radius 1 is 1.56 bits per heavy atom. The van der Waals surface area contributed by atoms with Gasteiger partial charge < -0.3 is 10.0 Å². The van der Waals surface area contributed by atoms with Crippen molar-refractivity contribution in [3.05, 3.63) is 33.9 Å². The standard InChI is InChI=1S/C13H18N2O3/c1-9-3-4-12(15(17)18)7-13(9)14-6-5-11(8-14)10(2)16/h3-4,7,10-11,16H,5-6,8H2,1-2H3. The molecule has 0 aliphatic carbocycles. The fraction of sp³-hybridized carbons (Fsp3) is 0.538. The van der Waals surface area contributed by atoms with Crippen molar-refractivity contribution in [1.29, 1.82) is 0 Å². The first-order valence-corrected chi connectivity index (χ1v) is 6.17. The average Bonchev–Trinajstić information content (AvgIpc) is 2.78. The molecule has 2 unspecified atom stereocenters. The molecule has 1 aromatic rings. The van der Waals surface area contributed by atoms with Gasteiger partial charge in [-0.1, -0.05) is 6.07 Å². The smallest absolute Gasteiger partial charge is 0.271 e. The lowest BCUT2D eigenvalue weighted by atomic mass is 10.0. The van der Waals surface area contributed by atoms with Gasteiger partial charge in [0.25, 0.3) is 5.69 Å². The molecule has 18 heavy (non-hydrogen) atoms. The molecule has 0 saturated carbocycles. The van der Waals surface area contributed by atoms with Crippen LogP contribution in [0.15, 0.2) is 18.2 Å². The van der Waals surface area contributed by atoms with Crippen LogP contribution in [0.4, 0.5) is 11.4 Å². The van der Waals surface area contributed by atoms with Crippen LogP contribution >= 0.6 is 0 Å². The van der Waals surface area contributed by atoms with E-state index in [1.54, 1.807) is 19.1 Å². The normalized spacial score (nSPS) is 21.1. The summed E-state index contributed by atoms with van der Waals surface area (Å²) < 4.78 is 0. The molecule has 0 radical (unpaired) electrons. The van der Waals surface area contributed by atoms with E-state index in [0.29, 0.717) is 0 Å². The lowest BCUT2D eigenvalue weighted by Crippen LogP contribution is -2.24. The van der Waals surface area contributed by atoms with Crippen LogP contribution in [-0.2, 0) is 0 Å². The molecular weight excluding hydrogens is 232 g/mol. The quantitative estimate of drug-likeness (QED) is 0.659. The lowest BCUT2D eigenvalue weighted by Gasteiger charge is -2.21. The van der Waals surface area contributed by atoms with Crippen molar-refractivity contribution < 1.29 is 10.0 Å². The Morgan fingerprint density at radius 3 is 2.83 bits per heavy atom. The SMILES string of the molecule is Cc1ccc([N+](=O)[O-])cc1N1CCC(C(C)O)C1. The van der Waals surface area contributed by atoms with Crippen molar-refractivity contribution in [1.82, 2.24) is 0 Å². The molecule has 2 atom stereocenters. The maximum atomic E-state index is 10.8. The number of nitro benzene ring substituents is 1. The van der Waals surface area contributed by atoms with Gasteiger partial charge in [0.2, 0.25) is 0 Å². The summed E-state index contributed by atoms with van der Waals surface area (Å²) in [5.74, 6) is 0.253. The van der Waals surface area contributed by atoms with Crippen LogP contribution in [0.5, 0.6) is 0 Å². The van der Waals surface area contributed by atoms with E-state index in [4.69, 9.17) is 0 Å². The molecule has 2 rings (SSSR count). The molecule has 1 fully saturated rings. The molecule has 1 aliphatic rings. The maximum Gasteiger partial charge on any atom is 0.271 e. The largest absolute Gasteiger partial charge is 0.393 e. The Hall–Kier alpha value is -1.62.